The Morgan fingerprint density at radius 3 is 2.80 bits per heavy atom. The van der Waals surface area contributed by atoms with Gasteiger partial charge in [0, 0.05) is 23.5 Å². The number of nitrogens with one attached hydrogen (secondary N) is 1. The Labute approximate surface area is 126 Å². The molecule has 1 aromatic heterocycles. The lowest BCUT2D eigenvalue weighted by Crippen LogP contribution is -2.25. The minimum Gasteiger partial charge on any atom is -0.310 e. The van der Waals surface area contributed by atoms with Gasteiger partial charge in [-0.25, -0.2) is 0 Å². The molecule has 0 aliphatic carbocycles. The Bertz CT molecular complexity index is 540. The maximum Gasteiger partial charge on any atom is 0.0438 e. The Kier molecular flexibility index (Phi) is 5.57. The van der Waals surface area contributed by atoms with E-state index in [0.717, 1.165) is 30.0 Å². The van der Waals surface area contributed by atoms with Gasteiger partial charge < -0.3 is 5.32 Å². The largest absolute Gasteiger partial charge is 0.310 e. The van der Waals surface area contributed by atoms with E-state index in [2.05, 4.69) is 36.3 Å². The smallest absolute Gasteiger partial charge is 0.0438 e. The third-order valence-electron chi connectivity index (χ3n) is 3.49. The summed E-state index contributed by atoms with van der Waals surface area (Å²) in [6.07, 6.45) is 5.78. The fourth-order valence-electron chi connectivity index (χ4n) is 2.37. The fourth-order valence-corrected chi connectivity index (χ4v) is 2.55. The maximum absolute atomic E-state index is 6.25. The van der Waals surface area contributed by atoms with Gasteiger partial charge in [-0.1, -0.05) is 36.7 Å². The van der Waals surface area contributed by atoms with Crippen LogP contribution in [0.3, 0.4) is 0 Å². The summed E-state index contributed by atoms with van der Waals surface area (Å²) in [6.45, 7) is 5.26. The highest BCUT2D eigenvalue weighted by molar-refractivity contribution is 6.31. The molecule has 0 radical (unpaired) electrons. The maximum atomic E-state index is 6.25. The first kappa shape index (κ1) is 15.0. The van der Waals surface area contributed by atoms with Crippen LogP contribution in [0.2, 0.25) is 5.02 Å². The van der Waals surface area contributed by atoms with E-state index in [9.17, 15) is 0 Å². The third-order valence-corrected chi connectivity index (χ3v) is 3.90. The molecule has 0 bridgehead atoms. The molecule has 1 atom stereocenters. The summed E-state index contributed by atoms with van der Waals surface area (Å²) in [5, 5.41) is 4.45. The zero-order valence-electron chi connectivity index (χ0n) is 12.1. The van der Waals surface area contributed by atoms with Crippen LogP contribution in [0.5, 0.6) is 0 Å². The van der Waals surface area contributed by atoms with Gasteiger partial charge in [0.2, 0.25) is 0 Å². The van der Waals surface area contributed by atoms with Crippen molar-refractivity contribution in [2.24, 2.45) is 0 Å². The number of benzene rings is 1. The average Bonchev–Trinajstić information content (AvgIpc) is 2.48. The van der Waals surface area contributed by atoms with Crippen LogP contribution in [0.1, 0.15) is 36.1 Å². The summed E-state index contributed by atoms with van der Waals surface area (Å²) >= 11 is 6.25. The van der Waals surface area contributed by atoms with Crippen LogP contribution in [0.15, 0.2) is 42.7 Å². The lowest BCUT2D eigenvalue weighted by Gasteiger charge is -2.21. The summed E-state index contributed by atoms with van der Waals surface area (Å²) in [4.78, 5) is 4.20. The Morgan fingerprint density at radius 2 is 2.10 bits per heavy atom. The molecule has 0 aliphatic heterocycles. The molecule has 2 rings (SSSR count). The molecule has 0 saturated carbocycles. The molecule has 0 aliphatic rings. The number of hydrogen-bond acceptors (Lipinski definition) is 2. The zero-order valence-corrected chi connectivity index (χ0v) is 12.8. The molecule has 1 N–H and O–H groups in total. The quantitative estimate of drug-likeness (QED) is 0.856. The number of nitrogens with zero attached hydrogens (tertiary/aromatic N) is 1. The van der Waals surface area contributed by atoms with E-state index in [0.29, 0.717) is 0 Å². The molecule has 0 spiro atoms. The number of hydrogen-bond donors (Lipinski definition) is 1. The van der Waals surface area contributed by atoms with Crippen LogP contribution >= 0.6 is 11.6 Å². The summed E-state index contributed by atoms with van der Waals surface area (Å²) in [5.74, 6) is 0. The van der Waals surface area contributed by atoms with E-state index in [1.54, 1.807) is 0 Å². The van der Waals surface area contributed by atoms with E-state index in [1.807, 2.05) is 30.6 Å². The standard InChI is InChI=1S/C17H21ClN2/c1-3-9-20-17(11-14-6-5-10-19-12-14)15-7-4-8-16(18)13(15)2/h4-8,10,12,17,20H,3,9,11H2,1-2H3. The second-order valence-corrected chi connectivity index (χ2v) is 5.43. The summed E-state index contributed by atoms with van der Waals surface area (Å²) in [5.41, 5.74) is 3.67. The van der Waals surface area contributed by atoms with Gasteiger partial charge in [-0.05, 0) is 55.1 Å². The minimum atomic E-state index is 0.276. The van der Waals surface area contributed by atoms with Gasteiger partial charge in [-0.3, -0.25) is 4.98 Å². The van der Waals surface area contributed by atoms with Gasteiger partial charge in [0.05, 0.1) is 0 Å². The third kappa shape index (κ3) is 3.81. The number of halogens is 1. The van der Waals surface area contributed by atoms with Crippen molar-refractivity contribution in [3.8, 4) is 0 Å². The van der Waals surface area contributed by atoms with E-state index in [4.69, 9.17) is 11.6 Å². The highest BCUT2D eigenvalue weighted by atomic mass is 35.5. The monoisotopic (exact) mass is 288 g/mol. The highest BCUT2D eigenvalue weighted by Crippen LogP contribution is 2.26. The van der Waals surface area contributed by atoms with Gasteiger partial charge in [-0.2, -0.15) is 0 Å². The van der Waals surface area contributed by atoms with E-state index < -0.39 is 0 Å². The van der Waals surface area contributed by atoms with E-state index in [-0.39, 0.29) is 6.04 Å². The average molecular weight is 289 g/mol. The summed E-state index contributed by atoms with van der Waals surface area (Å²) < 4.78 is 0. The summed E-state index contributed by atoms with van der Waals surface area (Å²) in [6, 6.07) is 10.5. The van der Waals surface area contributed by atoms with Gasteiger partial charge in [0.1, 0.15) is 0 Å². The van der Waals surface area contributed by atoms with Crippen molar-refractivity contribution in [3.63, 3.8) is 0 Å². The van der Waals surface area contributed by atoms with Crippen molar-refractivity contribution in [3.05, 3.63) is 64.4 Å². The molecule has 2 aromatic rings. The van der Waals surface area contributed by atoms with Crippen molar-refractivity contribution >= 4 is 11.6 Å². The van der Waals surface area contributed by atoms with Gasteiger partial charge in [0.25, 0.3) is 0 Å². The molecule has 0 saturated heterocycles. The lowest BCUT2D eigenvalue weighted by molar-refractivity contribution is 0.526. The Balaban J connectivity index is 2.25. The summed E-state index contributed by atoms with van der Waals surface area (Å²) in [7, 11) is 0. The first-order valence-corrected chi connectivity index (χ1v) is 7.47. The normalized spacial score (nSPS) is 12.3. The fraction of sp³-hybridized carbons (Fsp3) is 0.353. The van der Waals surface area contributed by atoms with Crippen molar-refractivity contribution < 1.29 is 0 Å². The molecule has 1 unspecified atom stereocenters. The number of aromatic nitrogens is 1. The molecule has 3 heteroatoms. The lowest BCUT2D eigenvalue weighted by atomic mass is 9.96. The molecular formula is C17H21ClN2. The van der Waals surface area contributed by atoms with Crippen molar-refractivity contribution in [1.29, 1.82) is 0 Å². The first-order chi connectivity index (χ1) is 9.72. The highest BCUT2D eigenvalue weighted by Gasteiger charge is 2.15. The van der Waals surface area contributed by atoms with Crippen LogP contribution in [0, 0.1) is 6.92 Å². The number of pyridine rings is 1. The van der Waals surface area contributed by atoms with Crippen LogP contribution in [-0.2, 0) is 6.42 Å². The second-order valence-electron chi connectivity index (χ2n) is 5.03. The van der Waals surface area contributed by atoms with Crippen LogP contribution in [0.4, 0.5) is 0 Å². The zero-order chi connectivity index (χ0) is 14.4. The minimum absolute atomic E-state index is 0.276. The predicted molar refractivity (Wildman–Crippen MR) is 85.2 cm³/mol. The Hall–Kier alpha value is -1.38. The molecule has 0 fully saturated rings. The van der Waals surface area contributed by atoms with Crippen molar-refractivity contribution in [2.75, 3.05) is 6.54 Å². The van der Waals surface area contributed by atoms with E-state index >= 15 is 0 Å². The molecule has 0 amide bonds. The SMILES string of the molecule is CCCNC(Cc1cccnc1)c1cccc(Cl)c1C. The predicted octanol–water partition coefficient (Wildman–Crippen LogP) is 4.33. The van der Waals surface area contributed by atoms with Crippen LogP contribution in [0.25, 0.3) is 0 Å². The van der Waals surface area contributed by atoms with Gasteiger partial charge in [0.15, 0.2) is 0 Å². The molecule has 2 nitrogen and oxygen atoms in total. The molecule has 106 valence electrons. The second kappa shape index (κ2) is 7.41. The van der Waals surface area contributed by atoms with Crippen molar-refractivity contribution in [2.45, 2.75) is 32.7 Å². The topological polar surface area (TPSA) is 24.9 Å². The first-order valence-electron chi connectivity index (χ1n) is 7.09. The van der Waals surface area contributed by atoms with Crippen molar-refractivity contribution in [1.82, 2.24) is 10.3 Å². The molecule has 20 heavy (non-hydrogen) atoms. The molecule has 1 heterocycles. The van der Waals surface area contributed by atoms with Crippen LogP contribution < -0.4 is 5.32 Å². The van der Waals surface area contributed by atoms with E-state index in [1.165, 1.54) is 11.1 Å². The van der Waals surface area contributed by atoms with Gasteiger partial charge in [-0.15, -0.1) is 0 Å². The van der Waals surface area contributed by atoms with Crippen LogP contribution in [-0.4, -0.2) is 11.5 Å². The molecular weight excluding hydrogens is 268 g/mol. The van der Waals surface area contributed by atoms with Gasteiger partial charge >= 0.3 is 0 Å². The molecule has 1 aromatic carbocycles. The Morgan fingerprint density at radius 1 is 1.25 bits per heavy atom. The number of rotatable bonds is 6.